The third-order valence-electron chi connectivity index (χ3n) is 1.18. The summed E-state index contributed by atoms with van der Waals surface area (Å²) in [6.07, 6.45) is -4.36. The molecule has 72 valence electrons. The molecule has 0 radical (unpaired) electrons. The van der Waals surface area contributed by atoms with Gasteiger partial charge in [-0.1, -0.05) is 0 Å². The van der Waals surface area contributed by atoms with E-state index < -0.39 is 24.7 Å². The highest BCUT2D eigenvalue weighted by Gasteiger charge is 2.31. The first kappa shape index (κ1) is 11.2. The van der Waals surface area contributed by atoms with E-state index >= 15 is 0 Å². The van der Waals surface area contributed by atoms with Crippen LogP contribution in [0.3, 0.4) is 0 Å². The van der Waals surface area contributed by atoms with E-state index in [0.717, 1.165) is 7.05 Å². The number of likely N-dealkylation sites (N-methyl/N-ethyl adjacent to an activating group) is 1. The molecule has 3 nitrogen and oxygen atoms in total. The molecule has 1 atom stereocenters. The van der Waals surface area contributed by atoms with Crippen LogP contribution in [0, 0.1) is 0 Å². The van der Waals surface area contributed by atoms with Crippen molar-refractivity contribution in [1.82, 2.24) is 4.90 Å². The number of nitrogens with zero attached hydrogens (tertiary/aromatic N) is 1. The maximum Gasteiger partial charge on any atom is 0.406 e. The van der Waals surface area contributed by atoms with Gasteiger partial charge in [-0.3, -0.25) is 4.79 Å². The molecule has 0 spiro atoms. The molecule has 1 unspecified atom stereocenters. The lowest BCUT2D eigenvalue weighted by Gasteiger charge is -2.20. The fraction of sp³-hybridized carbons (Fsp3) is 0.833. The van der Waals surface area contributed by atoms with Crippen molar-refractivity contribution in [3.8, 4) is 0 Å². The van der Waals surface area contributed by atoms with Gasteiger partial charge in [-0.25, -0.2) is 0 Å². The molecule has 0 fully saturated rings. The predicted molar refractivity (Wildman–Crippen MR) is 37.3 cm³/mol. The van der Waals surface area contributed by atoms with Crippen LogP contribution in [0.1, 0.15) is 6.92 Å². The van der Waals surface area contributed by atoms with Gasteiger partial charge in [0.2, 0.25) is 5.91 Å². The number of amides is 1. The van der Waals surface area contributed by atoms with E-state index in [1.807, 2.05) is 0 Å². The van der Waals surface area contributed by atoms with Crippen LogP contribution in [0.2, 0.25) is 0 Å². The lowest BCUT2D eigenvalue weighted by Crippen LogP contribution is -2.43. The number of carbonyl (C=O) groups is 1. The van der Waals surface area contributed by atoms with Crippen molar-refractivity contribution < 1.29 is 18.0 Å². The zero-order valence-electron chi connectivity index (χ0n) is 6.85. The van der Waals surface area contributed by atoms with Crippen LogP contribution in [-0.2, 0) is 4.79 Å². The van der Waals surface area contributed by atoms with E-state index in [1.165, 1.54) is 6.92 Å². The molecule has 0 aromatic heterocycles. The van der Waals surface area contributed by atoms with Gasteiger partial charge in [-0.05, 0) is 6.92 Å². The highest BCUT2D eigenvalue weighted by Crippen LogP contribution is 2.15. The standard InChI is InChI=1S/C6H11F3N2O/c1-4(10)5(12)11(2)3-6(7,8)9/h4H,3,10H2,1-2H3. The highest BCUT2D eigenvalue weighted by atomic mass is 19.4. The molecule has 0 aromatic rings. The first-order valence-corrected chi connectivity index (χ1v) is 3.31. The summed E-state index contributed by atoms with van der Waals surface area (Å²) in [7, 11) is 1.07. The summed E-state index contributed by atoms with van der Waals surface area (Å²) in [5.74, 6) is -0.715. The second kappa shape index (κ2) is 3.75. The smallest absolute Gasteiger partial charge is 0.335 e. The Morgan fingerprint density at radius 3 is 2.25 bits per heavy atom. The minimum atomic E-state index is -4.36. The molecule has 0 saturated heterocycles. The Bertz CT molecular complexity index is 167. The molecule has 1 amide bonds. The second-order valence-electron chi connectivity index (χ2n) is 2.60. The average molecular weight is 184 g/mol. The van der Waals surface area contributed by atoms with Crippen molar-refractivity contribution in [2.75, 3.05) is 13.6 Å². The SMILES string of the molecule is CC(N)C(=O)N(C)CC(F)(F)F. The van der Waals surface area contributed by atoms with E-state index in [4.69, 9.17) is 5.73 Å². The van der Waals surface area contributed by atoms with Gasteiger partial charge in [0.15, 0.2) is 0 Å². The van der Waals surface area contributed by atoms with Crippen molar-refractivity contribution in [1.29, 1.82) is 0 Å². The molecule has 0 aliphatic rings. The Kier molecular flexibility index (Phi) is 3.51. The van der Waals surface area contributed by atoms with Gasteiger partial charge in [0.05, 0.1) is 6.04 Å². The molecule has 12 heavy (non-hydrogen) atoms. The van der Waals surface area contributed by atoms with Gasteiger partial charge in [0.1, 0.15) is 6.54 Å². The normalized spacial score (nSPS) is 14.2. The summed E-state index contributed by atoms with van der Waals surface area (Å²) in [6.45, 7) is 0.0859. The Labute approximate surface area is 68.3 Å². The largest absolute Gasteiger partial charge is 0.406 e. The topological polar surface area (TPSA) is 46.3 Å². The number of hydrogen-bond acceptors (Lipinski definition) is 2. The summed E-state index contributed by atoms with van der Waals surface area (Å²) in [5, 5.41) is 0. The van der Waals surface area contributed by atoms with Crippen molar-refractivity contribution in [2.45, 2.75) is 19.1 Å². The molecule has 6 heteroatoms. The number of nitrogens with two attached hydrogens (primary N) is 1. The molecular weight excluding hydrogens is 173 g/mol. The summed E-state index contributed by atoms with van der Waals surface area (Å²) in [5.41, 5.74) is 5.10. The second-order valence-corrected chi connectivity index (χ2v) is 2.60. The van der Waals surface area contributed by atoms with Crippen LogP contribution >= 0.6 is 0 Å². The lowest BCUT2D eigenvalue weighted by atomic mass is 10.3. The fourth-order valence-corrected chi connectivity index (χ4v) is 0.694. The van der Waals surface area contributed by atoms with E-state index in [1.54, 1.807) is 0 Å². The first-order chi connectivity index (χ1) is 5.24. The molecule has 0 saturated carbocycles. The summed E-state index contributed by atoms with van der Waals surface area (Å²) in [6, 6.07) is -0.891. The fourth-order valence-electron chi connectivity index (χ4n) is 0.694. The van der Waals surface area contributed by atoms with Crippen molar-refractivity contribution in [2.24, 2.45) is 5.73 Å². The quantitative estimate of drug-likeness (QED) is 0.673. The zero-order valence-corrected chi connectivity index (χ0v) is 6.85. The summed E-state index contributed by atoms with van der Waals surface area (Å²) < 4.78 is 35.1. The molecular formula is C6H11F3N2O. The summed E-state index contributed by atoms with van der Waals surface area (Å²) in [4.78, 5) is 11.4. The van der Waals surface area contributed by atoms with Crippen molar-refractivity contribution in [3.05, 3.63) is 0 Å². The monoisotopic (exact) mass is 184 g/mol. The Hall–Kier alpha value is -0.780. The number of alkyl halides is 3. The van der Waals surface area contributed by atoms with E-state index in [2.05, 4.69) is 0 Å². The van der Waals surface area contributed by atoms with Crippen LogP contribution in [0.5, 0.6) is 0 Å². The highest BCUT2D eigenvalue weighted by molar-refractivity contribution is 5.80. The van der Waals surface area contributed by atoms with Gasteiger partial charge in [-0.15, -0.1) is 0 Å². The molecule has 2 N–H and O–H groups in total. The number of hydrogen-bond donors (Lipinski definition) is 1. The minimum absolute atomic E-state index is 0.560. The maximum atomic E-state index is 11.7. The average Bonchev–Trinajstić information content (AvgIpc) is 1.82. The molecule has 0 aromatic carbocycles. The molecule has 0 aliphatic heterocycles. The minimum Gasteiger partial charge on any atom is -0.335 e. The first-order valence-electron chi connectivity index (χ1n) is 3.31. The Balaban J connectivity index is 4.05. The van der Waals surface area contributed by atoms with Gasteiger partial charge in [0.25, 0.3) is 0 Å². The number of halogens is 3. The summed E-state index contributed by atoms with van der Waals surface area (Å²) >= 11 is 0. The Morgan fingerprint density at radius 2 is 2.00 bits per heavy atom. The van der Waals surface area contributed by atoms with Crippen LogP contribution in [-0.4, -0.2) is 36.6 Å². The van der Waals surface area contributed by atoms with E-state index in [-0.39, 0.29) is 0 Å². The number of rotatable bonds is 2. The van der Waals surface area contributed by atoms with Crippen LogP contribution in [0.25, 0.3) is 0 Å². The van der Waals surface area contributed by atoms with Crippen molar-refractivity contribution >= 4 is 5.91 Å². The maximum absolute atomic E-state index is 11.7. The van der Waals surface area contributed by atoms with Crippen LogP contribution in [0.15, 0.2) is 0 Å². The van der Waals surface area contributed by atoms with Crippen LogP contribution < -0.4 is 5.73 Å². The van der Waals surface area contributed by atoms with Gasteiger partial charge in [-0.2, -0.15) is 13.2 Å². The van der Waals surface area contributed by atoms with Gasteiger partial charge < -0.3 is 10.6 Å². The third-order valence-corrected chi connectivity index (χ3v) is 1.18. The van der Waals surface area contributed by atoms with Crippen molar-refractivity contribution in [3.63, 3.8) is 0 Å². The zero-order chi connectivity index (χ0) is 9.94. The lowest BCUT2D eigenvalue weighted by molar-refractivity contribution is -0.158. The molecule has 0 aliphatic carbocycles. The van der Waals surface area contributed by atoms with Crippen LogP contribution in [0.4, 0.5) is 13.2 Å². The van der Waals surface area contributed by atoms with E-state index in [0.29, 0.717) is 4.90 Å². The van der Waals surface area contributed by atoms with E-state index in [9.17, 15) is 18.0 Å². The molecule has 0 rings (SSSR count). The number of carbonyl (C=O) groups excluding carboxylic acids is 1. The molecule has 0 heterocycles. The van der Waals surface area contributed by atoms with Gasteiger partial charge in [0, 0.05) is 7.05 Å². The predicted octanol–water partition coefficient (Wildman–Crippen LogP) is 0.354. The third kappa shape index (κ3) is 4.17. The molecule has 0 bridgehead atoms. The Morgan fingerprint density at radius 1 is 1.58 bits per heavy atom. The van der Waals surface area contributed by atoms with Gasteiger partial charge >= 0.3 is 6.18 Å².